The molecule has 0 radical (unpaired) electrons. The number of rotatable bonds is 6. The van der Waals surface area contributed by atoms with Crippen LogP contribution < -0.4 is 10.5 Å². The van der Waals surface area contributed by atoms with Gasteiger partial charge in [0.05, 0.1) is 13.7 Å². The third-order valence-corrected chi connectivity index (χ3v) is 2.43. The molecule has 1 rings (SSSR count). The Balaban J connectivity index is 2.74. The average molecular weight is 253 g/mol. The molecule has 0 fully saturated rings. The van der Waals surface area contributed by atoms with Crippen molar-refractivity contribution in [2.75, 3.05) is 34.4 Å². The van der Waals surface area contributed by atoms with Crippen LogP contribution in [0.3, 0.4) is 0 Å². The lowest BCUT2D eigenvalue weighted by molar-refractivity contribution is 0.0760. The number of pyridine rings is 1. The number of ether oxygens (including phenoxy) is 2. The molecule has 18 heavy (non-hydrogen) atoms. The first kappa shape index (κ1) is 14.4. The van der Waals surface area contributed by atoms with Crippen molar-refractivity contribution in [1.29, 1.82) is 0 Å². The lowest BCUT2D eigenvalue weighted by atomic mass is 10.2. The van der Waals surface area contributed by atoms with Crippen molar-refractivity contribution in [3.8, 4) is 5.88 Å². The minimum Gasteiger partial charge on any atom is -0.480 e. The highest BCUT2D eigenvalue weighted by Gasteiger charge is 2.18. The maximum Gasteiger partial charge on any atom is 0.259 e. The lowest BCUT2D eigenvalue weighted by Crippen LogP contribution is -2.41. The highest BCUT2D eigenvalue weighted by Crippen LogP contribution is 2.15. The molecular weight excluding hydrogens is 234 g/mol. The Bertz CT molecular complexity index is 398. The van der Waals surface area contributed by atoms with Crippen molar-refractivity contribution in [1.82, 2.24) is 9.88 Å². The van der Waals surface area contributed by atoms with E-state index in [9.17, 15) is 4.79 Å². The smallest absolute Gasteiger partial charge is 0.259 e. The van der Waals surface area contributed by atoms with Crippen LogP contribution in [0.25, 0.3) is 0 Å². The third-order valence-electron chi connectivity index (χ3n) is 2.43. The third kappa shape index (κ3) is 3.68. The van der Waals surface area contributed by atoms with Crippen LogP contribution in [-0.2, 0) is 4.74 Å². The van der Waals surface area contributed by atoms with Crippen molar-refractivity contribution in [2.45, 2.75) is 6.04 Å². The van der Waals surface area contributed by atoms with E-state index < -0.39 is 0 Å². The fourth-order valence-corrected chi connectivity index (χ4v) is 1.62. The second-order valence-electron chi connectivity index (χ2n) is 3.96. The number of hydrogen-bond acceptors (Lipinski definition) is 5. The molecule has 100 valence electrons. The summed E-state index contributed by atoms with van der Waals surface area (Å²) in [5, 5.41) is 0. The first-order valence-corrected chi connectivity index (χ1v) is 5.59. The molecule has 1 heterocycles. The van der Waals surface area contributed by atoms with E-state index in [0.717, 1.165) is 0 Å². The van der Waals surface area contributed by atoms with E-state index in [2.05, 4.69) is 4.98 Å². The Hall–Kier alpha value is -1.66. The van der Waals surface area contributed by atoms with E-state index in [-0.39, 0.29) is 11.9 Å². The van der Waals surface area contributed by atoms with Gasteiger partial charge in [-0.15, -0.1) is 0 Å². The molecule has 0 aliphatic heterocycles. The molecular formula is C12H19N3O3. The maximum atomic E-state index is 12.2. The Labute approximate surface area is 107 Å². The summed E-state index contributed by atoms with van der Waals surface area (Å²) >= 11 is 0. The van der Waals surface area contributed by atoms with Crippen LogP contribution in [0.4, 0.5) is 0 Å². The Kier molecular flexibility index (Phi) is 5.54. The van der Waals surface area contributed by atoms with Crippen molar-refractivity contribution in [2.24, 2.45) is 5.73 Å². The zero-order chi connectivity index (χ0) is 13.5. The number of carbonyl (C=O) groups is 1. The standard InChI is InChI=1S/C12H19N3O3/c1-15(7-9(13)8-17-2)12(16)10-5-4-6-14-11(10)18-3/h4-6,9H,7-8,13H2,1-3H3. The van der Waals surface area contributed by atoms with Gasteiger partial charge in [0.1, 0.15) is 5.56 Å². The van der Waals surface area contributed by atoms with Crippen LogP contribution in [0.5, 0.6) is 5.88 Å². The van der Waals surface area contributed by atoms with Crippen molar-refractivity contribution in [3.05, 3.63) is 23.9 Å². The molecule has 1 atom stereocenters. The molecule has 2 N–H and O–H groups in total. The summed E-state index contributed by atoms with van der Waals surface area (Å²) in [6, 6.07) is 3.15. The van der Waals surface area contributed by atoms with E-state index in [1.807, 2.05) is 0 Å². The molecule has 0 bridgehead atoms. The summed E-state index contributed by atoms with van der Waals surface area (Å²) in [5.41, 5.74) is 6.23. The first-order valence-electron chi connectivity index (χ1n) is 5.59. The summed E-state index contributed by atoms with van der Waals surface area (Å²) in [4.78, 5) is 17.7. The van der Waals surface area contributed by atoms with Gasteiger partial charge in [-0.3, -0.25) is 4.79 Å². The minimum absolute atomic E-state index is 0.175. The Morgan fingerprint density at radius 1 is 1.56 bits per heavy atom. The van der Waals surface area contributed by atoms with Gasteiger partial charge in [0.2, 0.25) is 5.88 Å². The van der Waals surface area contributed by atoms with Crippen LogP contribution in [0, 0.1) is 0 Å². The van der Waals surface area contributed by atoms with Crippen LogP contribution in [0.2, 0.25) is 0 Å². The summed E-state index contributed by atoms with van der Waals surface area (Å²) in [7, 11) is 4.74. The van der Waals surface area contributed by atoms with E-state index in [4.69, 9.17) is 15.2 Å². The Morgan fingerprint density at radius 3 is 2.89 bits per heavy atom. The van der Waals surface area contributed by atoms with Gasteiger partial charge in [0.25, 0.3) is 5.91 Å². The second kappa shape index (κ2) is 6.93. The molecule has 0 spiro atoms. The lowest BCUT2D eigenvalue weighted by Gasteiger charge is -2.21. The maximum absolute atomic E-state index is 12.2. The van der Waals surface area contributed by atoms with Gasteiger partial charge in [-0.05, 0) is 12.1 Å². The molecule has 0 aromatic carbocycles. The molecule has 0 aliphatic rings. The van der Waals surface area contributed by atoms with Crippen LogP contribution in [0.1, 0.15) is 10.4 Å². The number of nitrogens with two attached hydrogens (primary N) is 1. The van der Waals surface area contributed by atoms with Gasteiger partial charge in [-0.2, -0.15) is 0 Å². The van der Waals surface area contributed by atoms with Gasteiger partial charge in [0.15, 0.2) is 0 Å². The molecule has 0 aliphatic carbocycles. The normalized spacial score (nSPS) is 12.0. The van der Waals surface area contributed by atoms with Crippen LogP contribution >= 0.6 is 0 Å². The highest BCUT2D eigenvalue weighted by atomic mass is 16.5. The first-order chi connectivity index (χ1) is 8.60. The highest BCUT2D eigenvalue weighted by molar-refractivity contribution is 5.96. The summed E-state index contributed by atoms with van der Waals surface area (Å²) in [6.45, 7) is 0.812. The molecule has 1 aromatic heterocycles. The zero-order valence-corrected chi connectivity index (χ0v) is 10.9. The Morgan fingerprint density at radius 2 is 2.28 bits per heavy atom. The molecule has 1 aromatic rings. The summed E-state index contributed by atoms with van der Waals surface area (Å²) < 4.78 is 9.99. The number of hydrogen-bond donors (Lipinski definition) is 1. The topological polar surface area (TPSA) is 77.7 Å². The number of likely N-dealkylation sites (N-methyl/N-ethyl adjacent to an activating group) is 1. The van der Waals surface area contributed by atoms with Gasteiger partial charge in [0, 0.05) is 32.9 Å². The van der Waals surface area contributed by atoms with Crippen molar-refractivity contribution >= 4 is 5.91 Å². The molecule has 0 saturated heterocycles. The number of carbonyl (C=O) groups excluding carboxylic acids is 1. The fraction of sp³-hybridized carbons (Fsp3) is 0.500. The number of aromatic nitrogens is 1. The van der Waals surface area contributed by atoms with Crippen molar-refractivity contribution in [3.63, 3.8) is 0 Å². The molecule has 0 saturated carbocycles. The van der Waals surface area contributed by atoms with Gasteiger partial charge in [-0.25, -0.2) is 4.98 Å². The SMILES string of the molecule is COCC(N)CN(C)C(=O)c1cccnc1OC. The fourth-order valence-electron chi connectivity index (χ4n) is 1.62. The van der Waals surface area contributed by atoms with E-state index in [1.165, 1.54) is 12.0 Å². The summed E-state index contributed by atoms with van der Waals surface area (Å²) in [5.74, 6) is 0.140. The molecule has 1 amide bonds. The largest absolute Gasteiger partial charge is 0.480 e. The van der Waals surface area contributed by atoms with Gasteiger partial charge >= 0.3 is 0 Å². The molecule has 1 unspecified atom stereocenters. The quantitative estimate of drug-likeness (QED) is 0.780. The van der Waals surface area contributed by atoms with E-state index in [0.29, 0.717) is 24.6 Å². The number of amides is 1. The van der Waals surface area contributed by atoms with Gasteiger partial charge in [-0.1, -0.05) is 0 Å². The van der Waals surface area contributed by atoms with Gasteiger partial charge < -0.3 is 20.1 Å². The second-order valence-corrected chi connectivity index (χ2v) is 3.96. The van der Waals surface area contributed by atoms with Crippen LogP contribution in [-0.4, -0.2) is 56.3 Å². The summed E-state index contributed by atoms with van der Waals surface area (Å²) in [6.07, 6.45) is 1.58. The average Bonchev–Trinajstić information content (AvgIpc) is 2.38. The van der Waals surface area contributed by atoms with E-state index >= 15 is 0 Å². The van der Waals surface area contributed by atoms with E-state index in [1.54, 1.807) is 32.5 Å². The number of nitrogens with zero attached hydrogens (tertiary/aromatic N) is 2. The molecule has 6 nitrogen and oxygen atoms in total. The van der Waals surface area contributed by atoms with Crippen molar-refractivity contribution < 1.29 is 14.3 Å². The predicted molar refractivity (Wildman–Crippen MR) is 67.6 cm³/mol. The predicted octanol–water partition coefficient (Wildman–Crippen LogP) is 0.136. The monoisotopic (exact) mass is 253 g/mol. The van der Waals surface area contributed by atoms with Crippen LogP contribution in [0.15, 0.2) is 18.3 Å². The molecule has 6 heteroatoms. The number of methoxy groups -OCH3 is 2. The zero-order valence-electron chi connectivity index (χ0n) is 10.9. The minimum atomic E-state index is -0.216.